The number of piperidine rings is 1. The van der Waals surface area contributed by atoms with Gasteiger partial charge >= 0.3 is 5.97 Å². The van der Waals surface area contributed by atoms with Crippen molar-refractivity contribution in [2.24, 2.45) is 5.92 Å². The van der Waals surface area contributed by atoms with Crippen LogP contribution in [-0.2, 0) is 16.1 Å². The molecule has 1 aliphatic rings. The van der Waals surface area contributed by atoms with Crippen molar-refractivity contribution in [3.63, 3.8) is 0 Å². The van der Waals surface area contributed by atoms with E-state index in [1.165, 1.54) is 5.56 Å². The van der Waals surface area contributed by atoms with Crippen molar-refractivity contribution in [3.8, 4) is 16.8 Å². The van der Waals surface area contributed by atoms with E-state index >= 15 is 0 Å². The molecule has 4 aromatic rings. The Balaban J connectivity index is 1.30. The van der Waals surface area contributed by atoms with E-state index in [9.17, 15) is 4.79 Å². The zero-order valence-electron chi connectivity index (χ0n) is 18.2. The Labute approximate surface area is 187 Å². The van der Waals surface area contributed by atoms with Crippen LogP contribution in [0.4, 0.5) is 0 Å². The quantitative estimate of drug-likeness (QED) is 0.401. The van der Waals surface area contributed by atoms with E-state index in [2.05, 4.69) is 56.9 Å². The lowest BCUT2D eigenvalue weighted by Crippen LogP contribution is -2.36. The molecular weight excluding hydrogens is 402 g/mol. The van der Waals surface area contributed by atoms with Gasteiger partial charge in [0.25, 0.3) is 0 Å². The zero-order valence-corrected chi connectivity index (χ0v) is 18.2. The predicted octanol–water partition coefficient (Wildman–Crippen LogP) is 5.06. The van der Waals surface area contributed by atoms with Crippen molar-refractivity contribution >= 4 is 17.0 Å². The Hall–Kier alpha value is -3.38. The number of furan rings is 1. The van der Waals surface area contributed by atoms with Crippen LogP contribution >= 0.6 is 0 Å². The van der Waals surface area contributed by atoms with Gasteiger partial charge in [-0.15, -0.1) is 0 Å². The molecule has 0 bridgehead atoms. The minimum absolute atomic E-state index is 0.0433. The van der Waals surface area contributed by atoms with Crippen LogP contribution < -0.4 is 0 Å². The molecule has 0 saturated carbocycles. The summed E-state index contributed by atoms with van der Waals surface area (Å²) in [7, 11) is 0. The van der Waals surface area contributed by atoms with Gasteiger partial charge in [-0.25, -0.2) is 4.98 Å². The van der Waals surface area contributed by atoms with Crippen LogP contribution in [-0.4, -0.2) is 40.1 Å². The lowest BCUT2D eigenvalue weighted by molar-refractivity contribution is -0.149. The third-order valence-corrected chi connectivity index (χ3v) is 6.20. The second kappa shape index (κ2) is 9.01. The zero-order chi connectivity index (χ0) is 21.9. The SMILES string of the molecule is CCOC(=O)C1CCN(Cc2cccc(-n3cnc4cc(-c5ccoc5)ccc43)c2)CC1. The van der Waals surface area contributed by atoms with Gasteiger partial charge in [-0.1, -0.05) is 18.2 Å². The number of nitrogens with zero attached hydrogens (tertiary/aromatic N) is 3. The summed E-state index contributed by atoms with van der Waals surface area (Å²) in [4.78, 5) is 19.0. The van der Waals surface area contributed by atoms with E-state index in [4.69, 9.17) is 9.15 Å². The Morgan fingerprint density at radius 1 is 1.12 bits per heavy atom. The third-order valence-electron chi connectivity index (χ3n) is 6.20. The van der Waals surface area contributed by atoms with Gasteiger partial charge in [0, 0.05) is 17.8 Å². The van der Waals surface area contributed by atoms with Crippen molar-refractivity contribution in [1.29, 1.82) is 0 Å². The lowest BCUT2D eigenvalue weighted by Gasteiger charge is -2.30. The molecule has 0 aliphatic carbocycles. The highest BCUT2D eigenvalue weighted by molar-refractivity contribution is 5.83. The molecule has 6 nitrogen and oxygen atoms in total. The molecule has 0 atom stereocenters. The third kappa shape index (κ3) is 4.18. The van der Waals surface area contributed by atoms with E-state index in [1.54, 1.807) is 12.5 Å². The number of hydrogen-bond acceptors (Lipinski definition) is 5. The van der Waals surface area contributed by atoms with Crippen molar-refractivity contribution in [3.05, 3.63) is 72.9 Å². The molecule has 0 unspecified atom stereocenters. The summed E-state index contributed by atoms with van der Waals surface area (Å²) in [5.41, 5.74) is 6.53. The highest BCUT2D eigenvalue weighted by Gasteiger charge is 2.25. The number of hydrogen-bond donors (Lipinski definition) is 0. The van der Waals surface area contributed by atoms with Gasteiger partial charge in [0.15, 0.2) is 0 Å². The molecule has 32 heavy (non-hydrogen) atoms. The first kappa shape index (κ1) is 20.5. The number of rotatable bonds is 6. The first-order valence-corrected chi connectivity index (χ1v) is 11.2. The van der Waals surface area contributed by atoms with Crippen LogP contribution in [0, 0.1) is 5.92 Å². The molecule has 5 rings (SSSR count). The summed E-state index contributed by atoms with van der Waals surface area (Å²) in [6, 6.07) is 16.9. The average molecular weight is 430 g/mol. The molecule has 0 N–H and O–H groups in total. The number of carbonyl (C=O) groups excluding carboxylic acids is 1. The minimum atomic E-state index is -0.0444. The van der Waals surface area contributed by atoms with E-state index < -0.39 is 0 Å². The standard InChI is InChI=1S/C26H27N3O3/c1-2-32-26(30)20-8-11-28(12-9-20)16-19-4-3-5-23(14-19)29-18-27-24-15-21(6-7-25(24)29)22-10-13-31-17-22/h3-7,10,13-15,17-18,20H,2,8-9,11-12,16H2,1H3. The highest BCUT2D eigenvalue weighted by atomic mass is 16.5. The first-order chi connectivity index (χ1) is 15.7. The summed E-state index contributed by atoms with van der Waals surface area (Å²) in [6.07, 6.45) is 7.04. The molecule has 1 fully saturated rings. The van der Waals surface area contributed by atoms with Crippen LogP contribution in [0.15, 0.2) is 71.8 Å². The number of benzene rings is 2. The maximum absolute atomic E-state index is 12.0. The Bertz CT molecular complexity index is 1200. The van der Waals surface area contributed by atoms with Crippen LogP contribution in [0.5, 0.6) is 0 Å². The summed E-state index contributed by atoms with van der Waals surface area (Å²) in [5, 5.41) is 0. The fourth-order valence-corrected chi connectivity index (χ4v) is 4.48. The van der Waals surface area contributed by atoms with Gasteiger partial charge < -0.3 is 9.15 Å². The Kier molecular flexibility index (Phi) is 5.77. The van der Waals surface area contributed by atoms with Crippen LogP contribution in [0.25, 0.3) is 27.8 Å². The Morgan fingerprint density at radius 3 is 2.78 bits per heavy atom. The summed E-state index contributed by atoms with van der Waals surface area (Å²) in [5.74, 6) is -0.00107. The molecule has 3 heterocycles. The van der Waals surface area contributed by atoms with Crippen molar-refractivity contribution in [1.82, 2.24) is 14.5 Å². The van der Waals surface area contributed by atoms with Crippen LogP contribution in [0.2, 0.25) is 0 Å². The molecule has 1 saturated heterocycles. The highest BCUT2D eigenvalue weighted by Crippen LogP contribution is 2.26. The molecule has 2 aromatic carbocycles. The summed E-state index contributed by atoms with van der Waals surface area (Å²) >= 11 is 0. The maximum atomic E-state index is 12.0. The maximum Gasteiger partial charge on any atom is 0.309 e. The first-order valence-electron chi connectivity index (χ1n) is 11.2. The van der Waals surface area contributed by atoms with Gasteiger partial charge in [0.1, 0.15) is 6.33 Å². The number of imidazole rings is 1. The number of ether oxygens (including phenoxy) is 1. The molecule has 164 valence electrons. The average Bonchev–Trinajstić information content (AvgIpc) is 3.50. The monoisotopic (exact) mass is 429 g/mol. The van der Waals surface area contributed by atoms with Gasteiger partial charge in [0.05, 0.1) is 36.1 Å². The molecule has 0 radical (unpaired) electrons. The van der Waals surface area contributed by atoms with Crippen molar-refractivity contribution in [2.75, 3.05) is 19.7 Å². The van der Waals surface area contributed by atoms with Crippen LogP contribution in [0.1, 0.15) is 25.3 Å². The topological polar surface area (TPSA) is 60.5 Å². The number of esters is 1. The molecule has 0 spiro atoms. The van der Waals surface area contributed by atoms with E-state index in [-0.39, 0.29) is 11.9 Å². The van der Waals surface area contributed by atoms with E-state index in [0.717, 1.165) is 60.3 Å². The van der Waals surface area contributed by atoms with E-state index in [1.807, 2.05) is 19.3 Å². The predicted molar refractivity (Wildman–Crippen MR) is 123 cm³/mol. The second-order valence-corrected chi connectivity index (χ2v) is 8.30. The fourth-order valence-electron chi connectivity index (χ4n) is 4.48. The number of likely N-dealkylation sites (tertiary alicyclic amines) is 1. The Morgan fingerprint density at radius 2 is 2.00 bits per heavy atom. The van der Waals surface area contributed by atoms with Crippen molar-refractivity contribution < 1.29 is 13.9 Å². The van der Waals surface area contributed by atoms with Gasteiger partial charge in [0.2, 0.25) is 0 Å². The molecule has 1 aliphatic heterocycles. The number of fused-ring (bicyclic) bond motifs is 1. The molecular formula is C26H27N3O3. The smallest absolute Gasteiger partial charge is 0.309 e. The summed E-state index contributed by atoms with van der Waals surface area (Å²) in [6.45, 7) is 5.03. The van der Waals surface area contributed by atoms with Crippen molar-refractivity contribution in [2.45, 2.75) is 26.3 Å². The minimum Gasteiger partial charge on any atom is -0.472 e. The number of carbonyl (C=O) groups is 1. The van der Waals surface area contributed by atoms with Gasteiger partial charge in [-0.05, 0) is 74.3 Å². The van der Waals surface area contributed by atoms with Gasteiger partial charge in [-0.3, -0.25) is 14.3 Å². The lowest BCUT2D eigenvalue weighted by atomic mass is 9.96. The fraction of sp³-hybridized carbons (Fsp3) is 0.308. The van der Waals surface area contributed by atoms with Gasteiger partial charge in [-0.2, -0.15) is 0 Å². The molecule has 2 aromatic heterocycles. The van der Waals surface area contributed by atoms with E-state index in [0.29, 0.717) is 6.61 Å². The second-order valence-electron chi connectivity index (χ2n) is 8.30. The molecule has 6 heteroatoms. The number of aromatic nitrogens is 2. The largest absolute Gasteiger partial charge is 0.472 e. The molecule has 0 amide bonds. The summed E-state index contributed by atoms with van der Waals surface area (Å²) < 4.78 is 12.5. The van der Waals surface area contributed by atoms with Crippen LogP contribution in [0.3, 0.4) is 0 Å². The normalized spacial score (nSPS) is 15.3.